The van der Waals surface area contributed by atoms with Crippen molar-refractivity contribution in [2.24, 2.45) is 0 Å². The molecule has 8 heteroatoms. The van der Waals surface area contributed by atoms with Gasteiger partial charge >= 0.3 is 0 Å². The number of carbonyl (C=O) groups is 1. The molecule has 1 amide bonds. The number of anilines is 1. The van der Waals surface area contributed by atoms with Gasteiger partial charge in [0.2, 0.25) is 0 Å². The van der Waals surface area contributed by atoms with Gasteiger partial charge in [-0.2, -0.15) is 0 Å². The van der Waals surface area contributed by atoms with E-state index in [1.807, 2.05) is 30.9 Å². The van der Waals surface area contributed by atoms with Gasteiger partial charge in [-0.05, 0) is 69.5 Å². The quantitative estimate of drug-likeness (QED) is 0.389. The lowest BCUT2D eigenvalue weighted by molar-refractivity contribution is 0.0376. The highest BCUT2D eigenvalue weighted by Gasteiger charge is 2.23. The van der Waals surface area contributed by atoms with Gasteiger partial charge in [0.25, 0.3) is 5.91 Å². The Balaban J connectivity index is 1.63. The second-order valence-electron chi connectivity index (χ2n) is 8.72. The largest absolute Gasteiger partial charge is 0.490 e. The van der Waals surface area contributed by atoms with Crippen molar-refractivity contribution in [3.63, 3.8) is 0 Å². The van der Waals surface area contributed by atoms with E-state index >= 15 is 0 Å². The number of ether oxygens (including phenoxy) is 3. The fourth-order valence-corrected chi connectivity index (χ4v) is 5.42. The summed E-state index contributed by atoms with van der Waals surface area (Å²) in [7, 11) is 0. The van der Waals surface area contributed by atoms with Gasteiger partial charge in [-0.15, -0.1) is 0 Å². The fraction of sp³-hybridized carbons (Fsp3) is 0.481. The normalized spacial score (nSPS) is 14.3. The average Bonchev–Trinajstić information content (AvgIpc) is 3.27. The third-order valence-electron chi connectivity index (χ3n) is 6.03. The summed E-state index contributed by atoms with van der Waals surface area (Å²) >= 11 is 1.58. The van der Waals surface area contributed by atoms with Crippen LogP contribution >= 0.6 is 11.3 Å². The Bertz CT molecular complexity index is 1160. The lowest BCUT2D eigenvalue weighted by atomic mass is 10.1. The number of rotatable bonds is 10. The molecule has 4 rings (SSSR count). The van der Waals surface area contributed by atoms with Gasteiger partial charge in [0.15, 0.2) is 16.6 Å². The number of hydrogen-bond acceptors (Lipinski definition) is 7. The molecule has 0 aliphatic carbocycles. The Hall–Kier alpha value is -2.68. The summed E-state index contributed by atoms with van der Waals surface area (Å²) in [5, 5.41) is 0.729. The summed E-state index contributed by atoms with van der Waals surface area (Å²) in [5.41, 5.74) is 3.86. The first-order valence-corrected chi connectivity index (χ1v) is 13.2. The first kappa shape index (κ1) is 25.4. The minimum Gasteiger partial charge on any atom is -0.490 e. The van der Waals surface area contributed by atoms with Crippen molar-refractivity contribution in [3.8, 4) is 11.5 Å². The zero-order valence-corrected chi connectivity index (χ0v) is 22.0. The molecule has 7 nitrogen and oxygen atoms in total. The van der Waals surface area contributed by atoms with E-state index in [-0.39, 0.29) is 5.91 Å². The molecular weight excluding hydrogens is 462 g/mol. The first-order chi connectivity index (χ1) is 17.0. The van der Waals surface area contributed by atoms with Crippen LogP contribution in [0.3, 0.4) is 0 Å². The Labute approximate surface area is 211 Å². The molecule has 3 aromatic rings. The van der Waals surface area contributed by atoms with Crippen molar-refractivity contribution < 1.29 is 19.0 Å². The predicted molar refractivity (Wildman–Crippen MR) is 141 cm³/mol. The predicted octanol–water partition coefficient (Wildman–Crippen LogP) is 5.08. The number of amides is 1. The molecule has 0 unspecified atom stereocenters. The first-order valence-electron chi connectivity index (χ1n) is 12.4. The third kappa shape index (κ3) is 6.12. The fourth-order valence-electron chi connectivity index (χ4n) is 4.38. The number of benzene rings is 2. The zero-order chi connectivity index (χ0) is 24.8. The molecule has 2 heterocycles. The average molecular weight is 498 g/mol. The molecule has 0 radical (unpaired) electrons. The number of morpholine rings is 1. The van der Waals surface area contributed by atoms with Crippen LogP contribution in [0.25, 0.3) is 10.2 Å². The highest BCUT2D eigenvalue weighted by molar-refractivity contribution is 7.22. The maximum atomic E-state index is 13.8. The van der Waals surface area contributed by atoms with Gasteiger partial charge in [-0.3, -0.25) is 14.6 Å². The van der Waals surface area contributed by atoms with Crippen LogP contribution in [0, 0.1) is 13.8 Å². The maximum absolute atomic E-state index is 13.8. The standard InChI is InChI=1S/C27H35N3O4S/c1-5-33-23-9-8-21(18-24(23)34-6-2)26(31)30(11-7-10-29-12-14-32-15-13-29)27-28-22-17-19(3)16-20(4)25(22)35-27/h8-9,16-18H,5-7,10-15H2,1-4H3. The lowest BCUT2D eigenvalue weighted by Gasteiger charge is -2.27. The minimum absolute atomic E-state index is 0.0792. The Morgan fingerprint density at radius 3 is 2.57 bits per heavy atom. The van der Waals surface area contributed by atoms with Crippen LogP contribution in [-0.2, 0) is 4.74 Å². The van der Waals surface area contributed by atoms with Crippen molar-refractivity contribution in [2.75, 3.05) is 57.5 Å². The highest BCUT2D eigenvalue weighted by atomic mass is 32.1. The van der Waals surface area contributed by atoms with Crippen molar-refractivity contribution in [3.05, 3.63) is 47.0 Å². The maximum Gasteiger partial charge on any atom is 0.260 e. The molecular formula is C27H35N3O4S. The van der Waals surface area contributed by atoms with Crippen molar-refractivity contribution in [1.29, 1.82) is 0 Å². The van der Waals surface area contributed by atoms with Crippen molar-refractivity contribution >= 4 is 32.6 Å². The van der Waals surface area contributed by atoms with Crippen LogP contribution in [0.4, 0.5) is 5.13 Å². The molecule has 1 aliphatic rings. The molecule has 1 fully saturated rings. The van der Waals surface area contributed by atoms with Gasteiger partial charge in [0, 0.05) is 31.7 Å². The number of aromatic nitrogens is 1. The van der Waals surface area contributed by atoms with E-state index in [0.717, 1.165) is 54.6 Å². The second-order valence-corrected chi connectivity index (χ2v) is 9.70. The molecule has 1 saturated heterocycles. The Morgan fingerprint density at radius 2 is 1.83 bits per heavy atom. The lowest BCUT2D eigenvalue weighted by Crippen LogP contribution is -2.39. The molecule has 0 bridgehead atoms. The van der Waals surface area contributed by atoms with E-state index in [1.54, 1.807) is 17.4 Å². The number of nitrogens with zero attached hydrogens (tertiary/aromatic N) is 3. The SMILES string of the molecule is CCOc1ccc(C(=O)N(CCCN2CCOCC2)c2nc3cc(C)cc(C)c3s2)cc1OCC. The van der Waals surface area contributed by atoms with E-state index in [4.69, 9.17) is 19.2 Å². The molecule has 0 saturated carbocycles. The minimum atomic E-state index is -0.0792. The van der Waals surface area contributed by atoms with Crippen LogP contribution in [-0.4, -0.2) is 68.4 Å². The molecule has 188 valence electrons. The van der Waals surface area contributed by atoms with E-state index in [2.05, 4.69) is 30.9 Å². The second kappa shape index (κ2) is 11.8. The van der Waals surface area contributed by atoms with Crippen LogP contribution in [0.5, 0.6) is 11.5 Å². The summed E-state index contributed by atoms with van der Waals surface area (Å²) in [6.07, 6.45) is 0.856. The Morgan fingerprint density at radius 1 is 1.09 bits per heavy atom. The molecule has 1 aliphatic heterocycles. The smallest absolute Gasteiger partial charge is 0.260 e. The topological polar surface area (TPSA) is 64.1 Å². The van der Waals surface area contributed by atoms with Crippen LogP contribution in [0.15, 0.2) is 30.3 Å². The van der Waals surface area contributed by atoms with Crippen LogP contribution < -0.4 is 14.4 Å². The summed E-state index contributed by atoms with van der Waals surface area (Å²) in [6.45, 7) is 14.0. The number of thiazole rings is 1. The molecule has 1 aromatic heterocycles. The Kier molecular flexibility index (Phi) is 8.59. The summed E-state index contributed by atoms with van der Waals surface area (Å²) in [4.78, 5) is 22.9. The molecule has 0 atom stereocenters. The highest BCUT2D eigenvalue weighted by Crippen LogP contribution is 2.34. The molecule has 2 aromatic carbocycles. The molecule has 35 heavy (non-hydrogen) atoms. The van der Waals surface area contributed by atoms with Gasteiger partial charge in [-0.1, -0.05) is 17.4 Å². The molecule has 0 spiro atoms. The number of aryl methyl sites for hydroxylation is 2. The van der Waals surface area contributed by atoms with Crippen LogP contribution in [0.2, 0.25) is 0 Å². The number of hydrogen-bond donors (Lipinski definition) is 0. The van der Waals surface area contributed by atoms with E-state index in [9.17, 15) is 4.79 Å². The van der Waals surface area contributed by atoms with Crippen LogP contribution in [0.1, 0.15) is 41.8 Å². The van der Waals surface area contributed by atoms with Crippen molar-refractivity contribution in [1.82, 2.24) is 9.88 Å². The zero-order valence-electron chi connectivity index (χ0n) is 21.1. The van der Waals surface area contributed by atoms with E-state index in [1.165, 1.54) is 11.1 Å². The molecule has 0 N–H and O–H groups in total. The summed E-state index contributed by atoms with van der Waals surface area (Å²) in [5.74, 6) is 1.16. The number of fused-ring (bicyclic) bond motifs is 1. The van der Waals surface area contributed by atoms with E-state index < -0.39 is 0 Å². The third-order valence-corrected chi connectivity index (χ3v) is 7.26. The van der Waals surface area contributed by atoms with Gasteiger partial charge in [-0.25, -0.2) is 4.98 Å². The summed E-state index contributed by atoms with van der Waals surface area (Å²) < 4.78 is 18.1. The summed E-state index contributed by atoms with van der Waals surface area (Å²) in [6, 6.07) is 9.67. The number of carbonyl (C=O) groups excluding carboxylic acids is 1. The van der Waals surface area contributed by atoms with Gasteiger partial charge in [0.1, 0.15) is 0 Å². The van der Waals surface area contributed by atoms with Crippen molar-refractivity contribution in [2.45, 2.75) is 34.1 Å². The van der Waals surface area contributed by atoms with Gasteiger partial charge < -0.3 is 14.2 Å². The monoisotopic (exact) mass is 497 g/mol. The van der Waals surface area contributed by atoms with Gasteiger partial charge in [0.05, 0.1) is 36.6 Å². The van der Waals surface area contributed by atoms with E-state index in [0.29, 0.717) is 36.8 Å².